The summed E-state index contributed by atoms with van der Waals surface area (Å²) in [5.41, 5.74) is 0.0848. The fourth-order valence-electron chi connectivity index (χ4n) is 0.579. The standard InChI is InChI=1S/C7H13BrO2P/c1-3-4-7(2)11(9)10-6-5-8/h3,7H,1,4-6H2,2H3/q+1. The van der Waals surface area contributed by atoms with Crippen molar-refractivity contribution >= 4 is 24.0 Å². The van der Waals surface area contributed by atoms with Crippen molar-refractivity contribution in [2.45, 2.75) is 19.0 Å². The first-order valence-corrected chi connectivity index (χ1v) is 5.85. The third kappa shape index (κ3) is 5.54. The van der Waals surface area contributed by atoms with Gasteiger partial charge in [-0.1, -0.05) is 22.0 Å². The molecule has 0 N–H and O–H groups in total. The molecule has 0 radical (unpaired) electrons. The van der Waals surface area contributed by atoms with Gasteiger partial charge in [-0.25, -0.2) is 0 Å². The van der Waals surface area contributed by atoms with E-state index in [9.17, 15) is 4.57 Å². The summed E-state index contributed by atoms with van der Waals surface area (Å²) in [5.74, 6) is 0. The summed E-state index contributed by atoms with van der Waals surface area (Å²) < 4.78 is 16.2. The molecule has 2 unspecified atom stereocenters. The highest BCUT2D eigenvalue weighted by molar-refractivity contribution is 9.09. The predicted molar refractivity (Wildman–Crippen MR) is 51.6 cm³/mol. The molecule has 0 saturated heterocycles. The van der Waals surface area contributed by atoms with E-state index in [0.717, 1.165) is 11.8 Å². The first-order chi connectivity index (χ1) is 5.22. The Morgan fingerprint density at radius 2 is 2.45 bits per heavy atom. The molecule has 0 bridgehead atoms. The fourth-order valence-corrected chi connectivity index (χ4v) is 1.84. The van der Waals surface area contributed by atoms with Crippen LogP contribution in [0.5, 0.6) is 0 Å². The fraction of sp³-hybridized carbons (Fsp3) is 0.714. The van der Waals surface area contributed by atoms with E-state index >= 15 is 0 Å². The lowest BCUT2D eigenvalue weighted by molar-refractivity contribution is 0.349. The molecule has 4 heteroatoms. The van der Waals surface area contributed by atoms with Crippen molar-refractivity contribution in [2.24, 2.45) is 0 Å². The molecule has 0 aromatic rings. The molecule has 11 heavy (non-hydrogen) atoms. The second kappa shape index (κ2) is 6.96. The Morgan fingerprint density at radius 3 is 2.91 bits per heavy atom. The Bertz CT molecular complexity index is 138. The maximum absolute atomic E-state index is 11.1. The number of halogens is 1. The molecule has 0 rings (SSSR count). The summed E-state index contributed by atoms with van der Waals surface area (Å²) in [4.78, 5) is 0. The van der Waals surface area contributed by atoms with Gasteiger partial charge in [-0.3, -0.25) is 0 Å². The van der Waals surface area contributed by atoms with Gasteiger partial charge in [0.2, 0.25) is 0 Å². The van der Waals surface area contributed by atoms with E-state index in [0.29, 0.717) is 6.61 Å². The van der Waals surface area contributed by atoms with Crippen molar-refractivity contribution in [1.29, 1.82) is 0 Å². The van der Waals surface area contributed by atoms with E-state index in [1.807, 2.05) is 6.92 Å². The molecule has 0 spiro atoms. The van der Waals surface area contributed by atoms with Gasteiger partial charge in [-0.05, 0) is 11.5 Å². The molecule has 2 nitrogen and oxygen atoms in total. The van der Waals surface area contributed by atoms with Crippen molar-refractivity contribution in [2.75, 3.05) is 11.9 Å². The maximum atomic E-state index is 11.1. The molecule has 0 heterocycles. The zero-order chi connectivity index (χ0) is 8.69. The molecular weight excluding hydrogens is 227 g/mol. The average molecular weight is 240 g/mol. The first-order valence-electron chi connectivity index (χ1n) is 3.48. The molecule has 64 valence electrons. The maximum Gasteiger partial charge on any atom is 0.511 e. The van der Waals surface area contributed by atoms with Gasteiger partial charge >= 0.3 is 8.03 Å². The Labute approximate surface area is 77.0 Å². The van der Waals surface area contributed by atoms with Crippen LogP contribution in [-0.2, 0) is 9.09 Å². The van der Waals surface area contributed by atoms with Crippen molar-refractivity contribution < 1.29 is 9.09 Å². The Balaban J connectivity index is 3.54. The zero-order valence-electron chi connectivity index (χ0n) is 6.62. The SMILES string of the molecule is C=CCC(C)[P+](=O)OCCBr. The summed E-state index contributed by atoms with van der Waals surface area (Å²) >= 11 is 3.19. The number of hydrogen-bond donors (Lipinski definition) is 0. The van der Waals surface area contributed by atoms with Gasteiger partial charge in [0, 0.05) is 11.8 Å². The lowest BCUT2D eigenvalue weighted by Gasteiger charge is -1.93. The normalized spacial score (nSPS) is 14.2. The lowest BCUT2D eigenvalue weighted by atomic mass is 10.3. The van der Waals surface area contributed by atoms with Gasteiger partial charge < -0.3 is 0 Å². The van der Waals surface area contributed by atoms with Crippen LogP contribution in [0.25, 0.3) is 0 Å². The van der Waals surface area contributed by atoms with Gasteiger partial charge in [0.25, 0.3) is 0 Å². The first kappa shape index (κ1) is 11.3. The smallest absolute Gasteiger partial charge is 0.145 e. The summed E-state index contributed by atoms with van der Waals surface area (Å²) in [6.07, 6.45) is 2.51. The molecule has 0 aromatic carbocycles. The Morgan fingerprint density at radius 1 is 1.82 bits per heavy atom. The van der Waals surface area contributed by atoms with Crippen LogP contribution in [0, 0.1) is 0 Å². The minimum Gasteiger partial charge on any atom is -0.145 e. The Hall–Kier alpha value is 0.280. The van der Waals surface area contributed by atoms with Crippen LogP contribution >= 0.6 is 24.0 Å². The third-order valence-electron chi connectivity index (χ3n) is 1.16. The molecule has 2 atom stereocenters. The molecule has 0 aromatic heterocycles. The largest absolute Gasteiger partial charge is 0.511 e. The Kier molecular flexibility index (Phi) is 7.13. The molecule has 0 saturated carbocycles. The molecule has 0 aliphatic carbocycles. The minimum atomic E-state index is -1.50. The van der Waals surface area contributed by atoms with Crippen LogP contribution in [-0.4, -0.2) is 17.6 Å². The quantitative estimate of drug-likeness (QED) is 0.405. The summed E-state index contributed by atoms with van der Waals surface area (Å²) in [6, 6.07) is 0. The van der Waals surface area contributed by atoms with Crippen LogP contribution in [0.2, 0.25) is 0 Å². The zero-order valence-corrected chi connectivity index (χ0v) is 9.11. The molecule has 0 aliphatic rings. The van der Waals surface area contributed by atoms with E-state index in [2.05, 4.69) is 22.5 Å². The topological polar surface area (TPSA) is 26.3 Å². The van der Waals surface area contributed by atoms with Crippen LogP contribution in [0.1, 0.15) is 13.3 Å². The third-order valence-corrected chi connectivity index (χ3v) is 2.85. The van der Waals surface area contributed by atoms with E-state index in [-0.39, 0.29) is 5.66 Å². The van der Waals surface area contributed by atoms with Crippen LogP contribution in [0.3, 0.4) is 0 Å². The van der Waals surface area contributed by atoms with Crippen LogP contribution < -0.4 is 0 Å². The van der Waals surface area contributed by atoms with Crippen molar-refractivity contribution in [3.8, 4) is 0 Å². The highest BCUT2D eigenvalue weighted by atomic mass is 79.9. The van der Waals surface area contributed by atoms with Crippen molar-refractivity contribution in [1.82, 2.24) is 0 Å². The van der Waals surface area contributed by atoms with E-state index in [1.54, 1.807) is 6.08 Å². The molecule has 0 aliphatic heterocycles. The number of rotatable bonds is 6. The van der Waals surface area contributed by atoms with Gasteiger partial charge in [0.05, 0.1) is 0 Å². The van der Waals surface area contributed by atoms with E-state index < -0.39 is 8.03 Å². The van der Waals surface area contributed by atoms with Gasteiger partial charge in [0.15, 0.2) is 5.66 Å². The monoisotopic (exact) mass is 239 g/mol. The predicted octanol–water partition coefficient (Wildman–Crippen LogP) is 3.10. The van der Waals surface area contributed by atoms with Gasteiger partial charge in [0.1, 0.15) is 6.61 Å². The number of hydrogen-bond acceptors (Lipinski definition) is 2. The number of allylic oxidation sites excluding steroid dienone is 1. The highest BCUT2D eigenvalue weighted by Gasteiger charge is 2.25. The van der Waals surface area contributed by atoms with E-state index in [4.69, 9.17) is 4.52 Å². The summed E-state index contributed by atoms with van der Waals surface area (Å²) in [5, 5.41) is 0.731. The van der Waals surface area contributed by atoms with E-state index in [1.165, 1.54) is 0 Å². The van der Waals surface area contributed by atoms with Gasteiger partial charge in [-0.15, -0.1) is 11.1 Å². The minimum absolute atomic E-state index is 0.0848. The summed E-state index contributed by atoms with van der Waals surface area (Å²) in [7, 11) is -1.50. The summed E-state index contributed by atoms with van der Waals surface area (Å²) in [6.45, 7) is 5.98. The van der Waals surface area contributed by atoms with Crippen LogP contribution in [0.4, 0.5) is 0 Å². The second-order valence-electron chi connectivity index (χ2n) is 2.18. The van der Waals surface area contributed by atoms with Crippen LogP contribution in [0.15, 0.2) is 12.7 Å². The second-order valence-corrected chi connectivity index (χ2v) is 4.68. The van der Waals surface area contributed by atoms with Crippen molar-refractivity contribution in [3.63, 3.8) is 0 Å². The number of alkyl halides is 1. The molecule has 0 amide bonds. The molecular formula is C7H13BrO2P+. The average Bonchev–Trinajstić information content (AvgIpc) is 2.00. The molecule has 0 fully saturated rings. The van der Waals surface area contributed by atoms with Gasteiger partial charge in [-0.2, -0.15) is 0 Å². The van der Waals surface area contributed by atoms with Crippen molar-refractivity contribution in [3.05, 3.63) is 12.7 Å². The highest BCUT2D eigenvalue weighted by Crippen LogP contribution is 2.31. The lowest BCUT2D eigenvalue weighted by Crippen LogP contribution is -1.97.